The van der Waals surface area contributed by atoms with E-state index < -0.39 is 18.0 Å². The molecule has 6 heteroatoms. The number of alkyl halides is 4. The Bertz CT molecular complexity index is 290. The quantitative estimate of drug-likeness (QED) is 0.691. The van der Waals surface area contributed by atoms with Crippen LogP contribution in [0.4, 0.5) is 13.2 Å². The highest BCUT2D eigenvalue weighted by Crippen LogP contribution is 2.42. The van der Waals surface area contributed by atoms with Crippen LogP contribution >= 0.6 is 15.9 Å². The van der Waals surface area contributed by atoms with Gasteiger partial charge in [-0.3, -0.25) is 4.79 Å². The largest absolute Gasteiger partial charge is 0.392 e. The lowest BCUT2D eigenvalue weighted by atomic mass is 9.78. The Labute approximate surface area is 120 Å². The number of carbonyl (C=O) groups is 1. The van der Waals surface area contributed by atoms with Crippen LogP contribution in [-0.2, 0) is 4.79 Å². The molecule has 1 aliphatic rings. The number of amides is 1. The van der Waals surface area contributed by atoms with Gasteiger partial charge in [0.05, 0.1) is 5.92 Å². The van der Waals surface area contributed by atoms with Crippen molar-refractivity contribution in [2.24, 2.45) is 11.8 Å². The number of halogens is 4. The standard InChI is InChI=1S/C13H21BrF3NO/c1-2-8-18(9-7-14)12(19)10-5-3-4-6-11(10)13(15,16)17/h10-11H,2-9H2,1H3. The van der Waals surface area contributed by atoms with Gasteiger partial charge >= 0.3 is 6.18 Å². The van der Waals surface area contributed by atoms with Crippen molar-refractivity contribution < 1.29 is 18.0 Å². The normalized spacial score (nSPS) is 24.3. The second kappa shape index (κ2) is 7.50. The molecule has 0 bridgehead atoms. The molecular formula is C13H21BrF3NO. The third kappa shape index (κ3) is 4.65. The molecule has 1 amide bonds. The predicted octanol–water partition coefficient (Wildman–Crippen LogP) is 3.99. The average molecular weight is 344 g/mol. The zero-order chi connectivity index (χ0) is 14.5. The van der Waals surface area contributed by atoms with Gasteiger partial charge in [-0.2, -0.15) is 13.2 Å². The first kappa shape index (κ1) is 16.8. The fourth-order valence-corrected chi connectivity index (χ4v) is 3.18. The van der Waals surface area contributed by atoms with Crippen LogP contribution in [0.15, 0.2) is 0 Å². The molecule has 0 aromatic heterocycles. The fourth-order valence-electron chi connectivity index (χ4n) is 2.76. The predicted molar refractivity (Wildman–Crippen MR) is 72.2 cm³/mol. The molecule has 2 nitrogen and oxygen atoms in total. The van der Waals surface area contributed by atoms with E-state index in [2.05, 4.69) is 15.9 Å². The molecule has 0 radical (unpaired) electrons. The van der Waals surface area contributed by atoms with Crippen molar-refractivity contribution in [2.75, 3.05) is 18.4 Å². The van der Waals surface area contributed by atoms with E-state index in [0.29, 0.717) is 31.3 Å². The molecule has 0 saturated heterocycles. The minimum atomic E-state index is -4.26. The van der Waals surface area contributed by atoms with Crippen LogP contribution in [0.3, 0.4) is 0 Å². The summed E-state index contributed by atoms with van der Waals surface area (Å²) in [5, 5.41) is 0.599. The number of rotatable bonds is 5. The van der Waals surface area contributed by atoms with Crippen LogP contribution in [0.5, 0.6) is 0 Å². The molecule has 1 aliphatic carbocycles. The lowest BCUT2D eigenvalue weighted by Crippen LogP contribution is -2.45. The molecule has 0 aromatic rings. The summed E-state index contributed by atoms with van der Waals surface area (Å²) in [4.78, 5) is 13.9. The van der Waals surface area contributed by atoms with Gasteiger partial charge in [-0.1, -0.05) is 35.7 Å². The van der Waals surface area contributed by atoms with E-state index in [1.54, 1.807) is 4.90 Å². The van der Waals surface area contributed by atoms with Gasteiger partial charge in [0.1, 0.15) is 0 Å². The summed E-state index contributed by atoms with van der Waals surface area (Å²) in [7, 11) is 0. The molecule has 112 valence electrons. The van der Waals surface area contributed by atoms with Gasteiger partial charge in [-0.05, 0) is 19.3 Å². The van der Waals surface area contributed by atoms with E-state index in [1.165, 1.54) is 0 Å². The summed E-state index contributed by atoms with van der Waals surface area (Å²) in [6.45, 7) is 2.94. The zero-order valence-electron chi connectivity index (χ0n) is 11.2. The third-order valence-corrected chi connectivity index (χ3v) is 4.02. The highest BCUT2D eigenvalue weighted by Gasteiger charge is 2.48. The minimum absolute atomic E-state index is 0.0915. The fraction of sp³-hybridized carbons (Fsp3) is 0.923. The minimum Gasteiger partial charge on any atom is -0.342 e. The van der Waals surface area contributed by atoms with Gasteiger partial charge in [0.2, 0.25) is 5.91 Å². The average Bonchev–Trinajstić information content (AvgIpc) is 2.37. The smallest absolute Gasteiger partial charge is 0.342 e. The van der Waals surface area contributed by atoms with Gasteiger partial charge in [0.15, 0.2) is 0 Å². The van der Waals surface area contributed by atoms with Crippen LogP contribution in [-0.4, -0.2) is 35.4 Å². The summed E-state index contributed by atoms with van der Waals surface area (Å²) in [6.07, 6.45) is -1.74. The number of nitrogens with zero attached hydrogens (tertiary/aromatic N) is 1. The highest BCUT2D eigenvalue weighted by molar-refractivity contribution is 9.09. The highest BCUT2D eigenvalue weighted by atomic mass is 79.9. The SMILES string of the molecule is CCCN(CCBr)C(=O)C1CCCCC1C(F)(F)F. The first-order valence-corrected chi connectivity index (χ1v) is 7.95. The molecule has 2 atom stereocenters. The molecule has 0 heterocycles. The van der Waals surface area contributed by atoms with Crippen molar-refractivity contribution in [3.05, 3.63) is 0 Å². The van der Waals surface area contributed by atoms with Crippen LogP contribution in [0.1, 0.15) is 39.0 Å². The number of carbonyl (C=O) groups excluding carboxylic acids is 1. The molecule has 0 aromatic carbocycles. The molecule has 1 fully saturated rings. The van der Waals surface area contributed by atoms with E-state index in [-0.39, 0.29) is 12.3 Å². The van der Waals surface area contributed by atoms with Gasteiger partial charge in [-0.15, -0.1) is 0 Å². The van der Waals surface area contributed by atoms with E-state index >= 15 is 0 Å². The topological polar surface area (TPSA) is 20.3 Å². The van der Waals surface area contributed by atoms with Crippen molar-refractivity contribution in [3.63, 3.8) is 0 Å². The van der Waals surface area contributed by atoms with E-state index in [0.717, 1.165) is 12.8 Å². The summed E-state index contributed by atoms with van der Waals surface area (Å²) in [5.41, 5.74) is 0. The van der Waals surface area contributed by atoms with Crippen molar-refractivity contribution in [3.8, 4) is 0 Å². The second-order valence-electron chi connectivity index (χ2n) is 5.05. The summed E-state index contributed by atoms with van der Waals surface area (Å²) in [5.74, 6) is -2.65. The molecule has 19 heavy (non-hydrogen) atoms. The Hall–Kier alpha value is -0.260. The summed E-state index contributed by atoms with van der Waals surface area (Å²) < 4.78 is 39.0. The Balaban J connectivity index is 2.80. The first-order valence-electron chi connectivity index (χ1n) is 6.83. The number of hydrogen-bond acceptors (Lipinski definition) is 1. The Morgan fingerprint density at radius 3 is 2.42 bits per heavy atom. The van der Waals surface area contributed by atoms with Gasteiger partial charge < -0.3 is 4.90 Å². The van der Waals surface area contributed by atoms with Crippen molar-refractivity contribution >= 4 is 21.8 Å². The van der Waals surface area contributed by atoms with E-state index in [1.807, 2.05) is 6.92 Å². The molecule has 0 aliphatic heterocycles. The zero-order valence-corrected chi connectivity index (χ0v) is 12.8. The molecule has 1 rings (SSSR count). The van der Waals surface area contributed by atoms with Gasteiger partial charge in [0, 0.05) is 24.3 Å². The van der Waals surface area contributed by atoms with Crippen molar-refractivity contribution in [1.82, 2.24) is 4.90 Å². The van der Waals surface area contributed by atoms with Gasteiger partial charge in [-0.25, -0.2) is 0 Å². The van der Waals surface area contributed by atoms with Crippen molar-refractivity contribution in [1.29, 1.82) is 0 Å². The third-order valence-electron chi connectivity index (χ3n) is 3.66. The van der Waals surface area contributed by atoms with Crippen LogP contribution in [0.2, 0.25) is 0 Å². The van der Waals surface area contributed by atoms with Crippen LogP contribution in [0, 0.1) is 11.8 Å². The maximum Gasteiger partial charge on any atom is 0.392 e. The molecule has 0 N–H and O–H groups in total. The summed E-state index contributed by atoms with van der Waals surface area (Å²) >= 11 is 3.25. The Kier molecular flexibility index (Phi) is 6.63. The van der Waals surface area contributed by atoms with Crippen molar-refractivity contribution in [2.45, 2.75) is 45.2 Å². The van der Waals surface area contributed by atoms with Crippen LogP contribution in [0.25, 0.3) is 0 Å². The monoisotopic (exact) mass is 343 g/mol. The first-order chi connectivity index (χ1) is 8.91. The Morgan fingerprint density at radius 1 is 1.26 bits per heavy atom. The summed E-state index contributed by atoms with van der Waals surface area (Å²) in [6, 6.07) is 0. The maximum atomic E-state index is 13.0. The second-order valence-corrected chi connectivity index (χ2v) is 5.85. The molecule has 0 spiro atoms. The Morgan fingerprint density at radius 2 is 1.89 bits per heavy atom. The lowest BCUT2D eigenvalue weighted by Gasteiger charge is -2.35. The number of hydrogen-bond donors (Lipinski definition) is 0. The lowest BCUT2D eigenvalue weighted by molar-refractivity contribution is -0.200. The molecule has 1 saturated carbocycles. The maximum absolute atomic E-state index is 13.0. The van der Waals surface area contributed by atoms with Crippen LogP contribution < -0.4 is 0 Å². The van der Waals surface area contributed by atoms with E-state index in [4.69, 9.17) is 0 Å². The molecular weight excluding hydrogens is 323 g/mol. The van der Waals surface area contributed by atoms with E-state index in [9.17, 15) is 18.0 Å². The molecule has 2 unspecified atom stereocenters. The van der Waals surface area contributed by atoms with Gasteiger partial charge in [0.25, 0.3) is 0 Å².